The van der Waals surface area contributed by atoms with Gasteiger partial charge in [-0.15, -0.1) is 0 Å². The first-order chi connectivity index (χ1) is 8.77. The number of carboxylic acids is 1. The van der Waals surface area contributed by atoms with E-state index in [1.165, 1.54) is 28.3 Å². The SMILES string of the molecule is O=C(O)/C=C/C1c2ccccc2-c2ccccc21. The highest BCUT2D eigenvalue weighted by Crippen LogP contribution is 2.44. The van der Waals surface area contributed by atoms with Crippen LogP contribution in [0.4, 0.5) is 0 Å². The molecular weight excluding hydrogens is 224 g/mol. The molecule has 3 rings (SSSR count). The van der Waals surface area contributed by atoms with E-state index in [9.17, 15) is 4.79 Å². The van der Waals surface area contributed by atoms with Crippen molar-refractivity contribution >= 4 is 5.97 Å². The van der Waals surface area contributed by atoms with Crippen LogP contribution in [-0.2, 0) is 4.79 Å². The van der Waals surface area contributed by atoms with Gasteiger partial charge in [0.2, 0.25) is 0 Å². The van der Waals surface area contributed by atoms with Gasteiger partial charge in [0.25, 0.3) is 0 Å². The van der Waals surface area contributed by atoms with Gasteiger partial charge in [-0.2, -0.15) is 0 Å². The van der Waals surface area contributed by atoms with Gasteiger partial charge >= 0.3 is 5.97 Å². The maximum atomic E-state index is 10.7. The highest BCUT2D eigenvalue weighted by Gasteiger charge is 2.25. The average Bonchev–Trinajstić information content (AvgIpc) is 2.71. The second kappa shape index (κ2) is 4.15. The number of fused-ring (bicyclic) bond motifs is 3. The second-order valence-corrected chi connectivity index (χ2v) is 4.35. The van der Waals surface area contributed by atoms with Gasteiger partial charge in [0.15, 0.2) is 0 Å². The van der Waals surface area contributed by atoms with Crippen molar-refractivity contribution in [2.24, 2.45) is 0 Å². The fourth-order valence-electron chi connectivity index (χ4n) is 2.58. The largest absolute Gasteiger partial charge is 0.478 e. The summed E-state index contributed by atoms with van der Waals surface area (Å²) in [6.45, 7) is 0. The van der Waals surface area contributed by atoms with Gasteiger partial charge in [0.1, 0.15) is 0 Å². The van der Waals surface area contributed by atoms with E-state index in [2.05, 4.69) is 24.3 Å². The summed E-state index contributed by atoms with van der Waals surface area (Å²) < 4.78 is 0. The van der Waals surface area contributed by atoms with Gasteiger partial charge in [-0.3, -0.25) is 0 Å². The third-order valence-corrected chi connectivity index (χ3v) is 3.31. The highest BCUT2D eigenvalue weighted by molar-refractivity contribution is 5.83. The van der Waals surface area contributed by atoms with Gasteiger partial charge in [-0.1, -0.05) is 54.6 Å². The van der Waals surface area contributed by atoms with E-state index in [0.717, 1.165) is 0 Å². The molecule has 0 saturated heterocycles. The van der Waals surface area contributed by atoms with Crippen molar-refractivity contribution in [3.63, 3.8) is 0 Å². The monoisotopic (exact) mass is 236 g/mol. The van der Waals surface area contributed by atoms with E-state index in [1.54, 1.807) is 6.08 Å². The average molecular weight is 236 g/mol. The lowest BCUT2D eigenvalue weighted by atomic mass is 9.96. The minimum absolute atomic E-state index is 0.0495. The first-order valence-electron chi connectivity index (χ1n) is 5.87. The Kier molecular flexibility index (Phi) is 2.49. The molecule has 1 aliphatic rings. The third-order valence-electron chi connectivity index (χ3n) is 3.31. The van der Waals surface area contributed by atoms with E-state index in [-0.39, 0.29) is 5.92 Å². The molecule has 2 heteroatoms. The molecule has 18 heavy (non-hydrogen) atoms. The van der Waals surface area contributed by atoms with Gasteiger partial charge in [0, 0.05) is 12.0 Å². The molecule has 0 fully saturated rings. The summed E-state index contributed by atoms with van der Waals surface area (Å²) in [5, 5.41) is 8.78. The molecule has 0 aliphatic heterocycles. The van der Waals surface area contributed by atoms with E-state index in [0.29, 0.717) is 0 Å². The number of allylic oxidation sites excluding steroid dienone is 1. The summed E-state index contributed by atoms with van der Waals surface area (Å²) in [5.74, 6) is -0.856. The van der Waals surface area contributed by atoms with E-state index < -0.39 is 5.97 Å². The Balaban J connectivity index is 2.18. The van der Waals surface area contributed by atoms with Crippen LogP contribution in [0.5, 0.6) is 0 Å². The Morgan fingerprint density at radius 1 is 0.944 bits per heavy atom. The van der Waals surface area contributed by atoms with Crippen molar-refractivity contribution in [3.05, 3.63) is 71.8 Å². The molecule has 0 aromatic heterocycles. The van der Waals surface area contributed by atoms with Crippen LogP contribution in [0.15, 0.2) is 60.7 Å². The Morgan fingerprint density at radius 3 is 1.94 bits per heavy atom. The van der Waals surface area contributed by atoms with Crippen molar-refractivity contribution in [2.45, 2.75) is 5.92 Å². The molecule has 0 radical (unpaired) electrons. The number of carboxylic acid groups (broad SMARTS) is 1. The molecule has 0 unspecified atom stereocenters. The normalized spacial score (nSPS) is 13.6. The molecule has 88 valence electrons. The summed E-state index contributed by atoms with van der Waals surface area (Å²) in [6.07, 6.45) is 2.98. The standard InChI is InChI=1S/C16H12O2/c17-16(18)10-9-15-13-7-3-1-5-11(13)12-6-2-4-8-14(12)15/h1-10,15H,(H,17,18)/b10-9+. The summed E-state index contributed by atoms with van der Waals surface area (Å²) >= 11 is 0. The first kappa shape index (κ1) is 10.8. The molecule has 0 spiro atoms. The fourth-order valence-corrected chi connectivity index (χ4v) is 2.58. The zero-order chi connectivity index (χ0) is 12.5. The zero-order valence-electron chi connectivity index (χ0n) is 9.71. The second-order valence-electron chi connectivity index (χ2n) is 4.35. The number of aliphatic carboxylic acids is 1. The van der Waals surface area contributed by atoms with Gasteiger partial charge < -0.3 is 5.11 Å². The van der Waals surface area contributed by atoms with Crippen LogP contribution >= 0.6 is 0 Å². The molecule has 1 N–H and O–H groups in total. The fraction of sp³-hybridized carbons (Fsp3) is 0.0625. The Morgan fingerprint density at radius 2 is 1.44 bits per heavy atom. The van der Waals surface area contributed by atoms with Crippen LogP contribution in [0.3, 0.4) is 0 Å². The van der Waals surface area contributed by atoms with Crippen molar-refractivity contribution in [1.29, 1.82) is 0 Å². The van der Waals surface area contributed by atoms with Crippen LogP contribution < -0.4 is 0 Å². The zero-order valence-corrected chi connectivity index (χ0v) is 9.71. The maximum absolute atomic E-state index is 10.7. The van der Waals surface area contributed by atoms with Crippen molar-refractivity contribution < 1.29 is 9.90 Å². The van der Waals surface area contributed by atoms with Gasteiger partial charge in [0.05, 0.1) is 0 Å². The Labute approximate surface area is 105 Å². The Hall–Kier alpha value is -2.35. The van der Waals surface area contributed by atoms with E-state index in [1.807, 2.05) is 24.3 Å². The molecule has 0 amide bonds. The van der Waals surface area contributed by atoms with E-state index >= 15 is 0 Å². The molecule has 0 saturated carbocycles. The highest BCUT2D eigenvalue weighted by atomic mass is 16.4. The predicted octanol–water partition coefficient (Wildman–Crippen LogP) is 3.44. The molecule has 2 aromatic carbocycles. The van der Waals surface area contributed by atoms with Crippen LogP contribution in [0.1, 0.15) is 17.0 Å². The lowest BCUT2D eigenvalue weighted by Crippen LogP contribution is -1.94. The van der Waals surface area contributed by atoms with Crippen LogP contribution in [-0.4, -0.2) is 11.1 Å². The maximum Gasteiger partial charge on any atom is 0.328 e. The number of hydrogen-bond acceptors (Lipinski definition) is 1. The molecule has 0 heterocycles. The molecule has 2 nitrogen and oxygen atoms in total. The summed E-state index contributed by atoms with van der Waals surface area (Å²) in [6, 6.07) is 16.3. The summed E-state index contributed by atoms with van der Waals surface area (Å²) in [4.78, 5) is 10.7. The molecule has 1 aliphatic carbocycles. The third kappa shape index (κ3) is 1.63. The van der Waals surface area contributed by atoms with Crippen molar-refractivity contribution in [2.75, 3.05) is 0 Å². The smallest absolute Gasteiger partial charge is 0.328 e. The van der Waals surface area contributed by atoms with Crippen molar-refractivity contribution in [3.8, 4) is 11.1 Å². The number of hydrogen-bond donors (Lipinski definition) is 1. The lowest BCUT2D eigenvalue weighted by molar-refractivity contribution is -0.131. The topological polar surface area (TPSA) is 37.3 Å². The molecule has 2 aromatic rings. The van der Waals surface area contributed by atoms with Crippen LogP contribution in [0.2, 0.25) is 0 Å². The van der Waals surface area contributed by atoms with Crippen LogP contribution in [0, 0.1) is 0 Å². The minimum atomic E-state index is -0.906. The number of benzene rings is 2. The molecular formula is C16H12O2. The quantitative estimate of drug-likeness (QED) is 0.811. The Bertz CT molecular complexity index is 596. The molecule has 0 atom stereocenters. The van der Waals surface area contributed by atoms with Crippen molar-refractivity contribution in [1.82, 2.24) is 0 Å². The first-order valence-corrected chi connectivity index (χ1v) is 5.87. The minimum Gasteiger partial charge on any atom is -0.478 e. The summed E-state index contributed by atoms with van der Waals surface area (Å²) in [5.41, 5.74) is 4.76. The lowest BCUT2D eigenvalue weighted by Gasteiger charge is -2.07. The van der Waals surface area contributed by atoms with Crippen LogP contribution in [0.25, 0.3) is 11.1 Å². The van der Waals surface area contributed by atoms with Gasteiger partial charge in [-0.05, 0) is 22.3 Å². The van der Waals surface area contributed by atoms with Gasteiger partial charge in [-0.25, -0.2) is 4.79 Å². The molecule has 0 bridgehead atoms. The number of carbonyl (C=O) groups is 1. The number of rotatable bonds is 2. The van der Waals surface area contributed by atoms with E-state index in [4.69, 9.17) is 5.11 Å². The predicted molar refractivity (Wildman–Crippen MR) is 70.5 cm³/mol. The summed E-state index contributed by atoms with van der Waals surface area (Å²) in [7, 11) is 0.